The van der Waals surface area contributed by atoms with E-state index in [1.165, 1.54) is 31.1 Å². The minimum absolute atomic E-state index is 0.0959. The highest BCUT2D eigenvalue weighted by molar-refractivity contribution is 5.98. The Morgan fingerprint density at radius 3 is 2.15 bits per heavy atom. The molecule has 2 amide bonds. The van der Waals surface area contributed by atoms with E-state index in [1.807, 2.05) is 0 Å². The number of hydrogen-bond acceptors (Lipinski definition) is 9. The first-order chi connectivity index (χ1) is 18.9. The minimum Gasteiger partial charge on any atom is -0.493 e. The van der Waals surface area contributed by atoms with Gasteiger partial charge in [-0.05, 0) is 24.3 Å². The Labute approximate surface area is 226 Å². The molecule has 208 valence electrons. The molecule has 12 nitrogen and oxygen atoms in total. The Balaban J connectivity index is 1.67. The molecule has 2 aliphatic heterocycles. The van der Waals surface area contributed by atoms with Crippen LogP contribution in [0.3, 0.4) is 0 Å². The number of hydrogen-bond donors (Lipinski definition) is 0. The molecule has 1 aromatic heterocycles. The zero-order valence-corrected chi connectivity index (χ0v) is 22.8. The molecule has 0 N–H and O–H groups in total. The molecule has 0 spiro atoms. The van der Waals surface area contributed by atoms with E-state index in [9.17, 15) is 9.59 Å². The lowest BCUT2D eigenvalue weighted by molar-refractivity contribution is 0.0715. The smallest absolute Gasteiger partial charge is 0.257 e. The number of fused-ring (bicyclic) bond motifs is 11. The summed E-state index contributed by atoms with van der Waals surface area (Å²) in [5.41, 5.74) is 1.31. The molecule has 0 aliphatic carbocycles. The van der Waals surface area contributed by atoms with Gasteiger partial charge in [0.05, 0.1) is 39.7 Å². The number of rotatable bonds is 3. The molecule has 3 aromatic rings. The van der Waals surface area contributed by atoms with E-state index in [0.717, 1.165) is 0 Å². The summed E-state index contributed by atoms with van der Waals surface area (Å²) >= 11 is 0. The van der Waals surface area contributed by atoms with Crippen molar-refractivity contribution in [3.05, 3.63) is 53.3 Å². The number of amides is 2. The lowest BCUT2D eigenvalue weighted by atomic mass is 10.1. The number of benzene rings is 2. The van der Waals surface area contributed by atoms with Crippen LogP contribution in [0, 0.1) is 0 Å². The van der Waals surface area contributed by atoms with E-state index in [4.69, 9.17) is 23.7 Å². The first-order valence-corrected chi connectivity index (χ1v) is 12.4. The fourth-order valence-corrected chi connectivity index (χ4v) is 4.13. The van der Waals surface area contributed by atoms with Gasteiger partial charge in [0.25, 0.3) is 11.8 Å². The molecule has 0 fully saturated rings. The van der Waals surface area contributed by atoms with E-state index in [1.54, 1.807) is 55.3 Å². The van der Waals surface area contributed by atoms with Gasteiger partial charge in [0.15, 0.2) is 23.0 Å². The molecule has 0 saturated carbocycles. The summed E-state index contributed by atoms with van der Waals surface area (Å²) < 4.78 is 30.2. The van der Waals surface area contributed by atoms with Crippen LogP contribution < -0.4 is 23.7 Å². The van der Waals surface area contributed by atoms with Crippen molar-refractivity contribution >= 4 is 11.8 Å². The van der Waals surface area contributed by atoms with Crippen molar-refractivity contribution < 1.29 is 33.3 Å². The van der Waals surface area contributed by atoms with Crippen LogP contribution in [-0.2, 0) is 13.2 Å². The molecule has 39 heavy (non-hydrogen) atoms. The second kappa shape index (κ2) is 12.4. The number of likely N-dealkylation sites (N-methyl/N-ethyl adjacent to an activating group) is 2. The third kappa shape index (κ3) is 6.16. The largest absolute Gasteiger partial charge is 0.493 e. The van der Waals surface area contributed by atoms with Crippen molar-refractivity contribution in [2.75, 3.05) is 55.1 Å². The van der Waals surface area contributed by atoms with Gasteiger partial charge in [-0.2, -0.15) is 0 Å². The summed E-state index contributed by atoms with van der Waals surface area (Å²) in [5, 5.41) is 8.34. The van der Waals surface area contributed by atoms with E-state index in [-0.39, 0.29) is 31.5 Å². The number of aryl methyl sites for hydroxylation is 1. The van der Waals surface area contributed by atoms with E-state index < -0.39 is 0 Å². The maximum Gasteiger partial charge on any atom is 0.257 e. The number of carbonyl (C=O) groups excluding carboxylic acids is 2. The molecule has 12 heteroatoms. The van der Waals surface area contributed by atoms with Gasteiger partial charge in [0.2, 0.25) is 5.75 Å². The quantitative estimate of drug-likeness (QED) is 0.495. The van der Waals surface area contributed by atoms with Crippen molar-refractivity contribution in [3.8, 4) is 28.7 Å². The number of nitrogens with zero attached hydrogens (tertiary/aromatic N) is 5. The zero-order valence-electron chi connectivity index (χ0n) is 22.8. The number of aromatic nitrogens is 3. The fourth-order valence-electron chi connectivity index (χ4n) is 4.13. The number of ether oxygens (including phenoxy) is 5. The molecular weight excluding hydrogens is 506 g/mol. The fraction of sp³-hybridized carbons (Fsp3) is 0.407. The van der Waals surface area contributed by atoms with E-state index >= 15 is 0 Å². The summed E-state index contributed by atoms with van der Waals surface area (Å²) in [5.74, 6) is 1.39. The summed E-state index contributed by atoms with van der Waals surface area (Å²) in [6.07, 6.45) is 2.40. The molecule has 0 radical (unpaired) electrons. The Bertz CT molecular complexity index is 1300. The Kier molecular flexibility index (Phi) is 8.74. The minimum atomic E-state index is -0.274. The highest BCUT2D eigenvalue weighted by atomic mass is 16.5. The number of methoxy groups -OCH3 is 3. The average Bonchev–Trinajstić information content (AvgIpc) is 3.42. The molecule has 3 heterocycles. The van der Waals surface area contributed by atoms with E-state index in [0.29, 0.717) is 65.1 Å². The van der Waals surface area contributed by atoms with Crippen LogP contribution in [0.25, 0.3) is 0 Å². The van der Waals surface area contributed by atoms with Crippen molar-refractivity contribution in [2.24, 2.45) is 0 Å². The van der Waals surface area contributed by atoms with Crippen LogP contribution in [0.5, 0.6) is 28.7 Å². The Hall–Kier alpha value is -4.48. The number of carbonyl (C=O) groups is 2. The molecule has 2 aromatic carbocycles. The third-order valence-corrected chi connectivity index (χ3v) is 6.33. The first-order valence-electron chi connectivity index (χ1n) is 12.4. The Morgan fingerprint density at radius 1 is 0.821 bits per heavy atom. The second-order valence-corrected chi connectivity index (χ2v) is 8.96. The van der Waals surface area contributed by atoms with Crippen molar-refractivity contribution in [1.82, 2.24) is 24.8 Å². The van der Waals surface area contributed by atoms with Gasteiger partial charge in [-0.3, -0.25) is 14.3 Å². The summed E-state index contributed by atoms with van der Waals surface area (Å²) in [4.78, 5) is 29.7. The van der Waals surface area contributed by atoms with Crippen LogP contribution in [0.1, 0.15) is 32.8 Å². The lowest BCUT2D eigenvalue weighted by Crippen LogP contribution is -2.37. The highest BCUT2D eigenvalue weighted by Gasteiger charge is 2.23. The average molecular weight is 540 g/mol. The van der Waals surface area contributed by atoms with Crippen molar-refractivity contribution in [3.63, 3.8) is 0 Å². The number of para-hydroxylation sites is 1. The second-order valence-electron chi connectivity index (χ2n) is 8.96. The van der Waals surface area contributed by atoms with Gasteiger partial charge in [-0.15, -0.1) is 5.10 Å². The zero-order chi connectivity index (χ0) is 27.9. The summed E-state index contributed by atoms with van der Waals surface area (Å²) in [6, 6.07) is 8.38. The van der Waals surface area contributed by atoms with Crippen LogP contribution in [0.15, 0.2) is 36.5 Å². The van der Waals surface area contributed by atoms with Gasteiger partial charge in [-0.1, -0.05) is 11.3 Å². The predicted octanol–water partition coefficient (Wildman–Crippen LogP) is 2.51. The van der Waals surface area contributed by atoms with Crippen LogP contribution in [0.2, 0.25) is 0 Å². The molecule has 0 unspecified atom stereocenters. The Morgan fingerprint density at radius 2 is 1.49 bits per heavy atom. The summed E-state index contributed by atoms with van der Waals surface area (Å²) in [6.45, 7) is 1.56. The molecule has 5 rings (SSSR count). The van der Waals surface area contributed by atoms with Gasteiger partial charge < -0.3 is 33.5 Å². The van der Waals surface area contributed by atoms with Gasteiger partial charge >= 0.3 is 0 Å². The van der Waals surface area contributed by atoms with Crippen molar-refractivity contribution in [2.45, 2.75) is 19.6 Å². The molecular formula is C27H33N5O7. The SMILES string of the molecule is COc1cc2cc(OC)c1OCCCn1cc(nn1)COc1c(OC)cccc1C(=O)N(C)CCN(C)C2=O. The van der Waals surface area contributed by atoms with Gasteiger partial charge in [0, 0.05) is 45.7 Å². The predicted molar refractivity (Wildman–Crippen MR) is 141 cm³/mol. The molecule has 0 saturated heterocycles. The molecule has 0 atom stereocenters. The van der Waals surface area contributed by atoms with Crippen LogP contribution >= 0.6 is 0 Å². The molecule has 2 aliphatic rings. The first kappa shape index (κ1) is 27.6. The van der Waals surface area contributed by atoms with Crippen LogP contribution in [0.4, 0.5) is 0 Å². The standard InChI is InChI=1S/C27H33N5O7/c1-30-11-12-31(2)27(34)20-8-6-9-21(35-3)24(20)39-17-19-16-32(29-28-19)10-7-13-38-25-22(36-4)14-18(26(30)33)15-23(25)37-5/h6,8-9,14-16H,7,10-13,17H2,1-5H3. The summed E-state index contributed by atoms with van der Waals surface area (Å²) in [7, 11) is 7.87. The monoisotopic (exact) mass is 539 g/mol. The van der Waals surface area contributed by atoms with E-state index in [2.05, 4.69) is 10.3 Å². The highest BCUT2D eigenvalue weighted by Crippen LogP contribution is 2.39. The maximum atomic E-state index is 13.4. The molecule has 4 bridgehead atoms. The van der Waals surface area contributed by atoms with Gasteiger partial charge in [0.1, 0.15) is 12.3 Å². The third-order valence-electron chi connectivity index (χ3n) is 6.33. The van der Waals surface area contributed by atoms with Crippen LogP contribution in [-0.4, -0.2) is 91.7 Å². The van der Waals surface area contributed by atoms with Crippen molar-refractivity contribution in [1.29, 1.82) is 0 Å². The normalized spacial score (nSPS) is 15.1. The topological polar surface area (TPSA) is 117 Å². The lowest BCUT2D eigenvalue weighted by Gasteiger charge is -2.24. The van der Waals surface area contributed by atoms with Gasteiger partial charge in [-0.25, -0.2) is 0 Å². The maximum absolute atomic E-state index is 13.4.